The second-order valence-corrected chi connectivity index (χ2v) is 7.05. The van der Waals surface area contributed by atoms with E-state index in [1.807, 2.05) is 12.3 Å². The zero-order chi connectivity index (χ0) is 14.9. The molecule has 0 saturated heterocycles. The van der Waals surface area contributed by atoms with Gasteiger partial charge >= 0.3 is 0 Å². The highest BCUT2D eigenvalue weighted by Crippen LogP contribution is 2.43. The molecule has 116 valence electrons. The number of aromatic nitrogens is 1. The van der Waals surface area contributed by atoms with Crippen molar-refractivity contribution < 1.29 is 5.11 Å². The van der Waals surface area contributed by atoms with Gasteiger partial charge in [-0.15, -0.1) is 0 Å². The van der Waals surface area contributed by atoms with Crippen LogP contribution in [-0.2, 0) is 6.42 Å². The smallest absolute Gasteiger partial charge is 0.0807 e. The molecule has 3 rings (SSSR count). The van der Waals surface area contributed by atoms with E-state index in [-0.39, 0.29) is 17.6 Å². The highest BCUT2D eigenvalue weighted by Gasteiger charge is 2.46. The van der Waals surface area contributed by atoms with E-state index in [2.05, 4.69) is 30.0 Å². The number of rotatable bonds is 3. The quantitative estimate of drug-likeness (QED) is 0.928. The molecule has 3 heteroatoms. The number of likely N-dealkylation sites (N-methyl/N-ethyl adjacent to an activating group) is 1. The number of aliphatic hydroxyl groups excluding tert-OH is 1. The molecule has 1 N–H and O–H groups in total. The van der Waals surface area contributed by atoms with Gasteiger partial charge in [-0.3, -0.25) is 4.98 Å². The molecular weight excluding hydrogens is 260 g/mol. The molecule has 1 aromatic heterocycles. The molecule has 1 fully saturated rings. The van der Waals surface area contributed by atoms with Gasteiger partial charge in [0.2, 0.25) is 0 Å². The first-order chi connectivity index (χ1) is 10.1. The number of fused-ring (bicyclic) bond motifs is 1. The topological polar surface area (TPSA) is 36.4 Å². The highest BCUT2D eigenvalue weighted by atomic mass is 16.3. The molecule has 2 aliphatic carbocycles. The molecule has 1 aromatic rings. The van der Waals surface area contributed by atoms with Gasteiger partial charge in [0.05, 0.1) is 6.10 Å². The molecule has 0 radical (unpaired) electrons. The Morgan fingerprint density at radius 1 is 1.24 bits per heavy atom. The summed E-state index contributed by atoms with van der Waals surface area (Å²) in [6, 6.07) is 4.21. The van der Waals surface area contributed by atoms with Gasteiger partial charge in [-0.25, -0.2) is 0 Å². The molecule has 2 atom stereocenters. The lowest BCUT2D eigenvalue weighted by atomic mass is 9.69. The first-order valence-corrected chi connectivity index (χ1v) is 8.44. The lowest BCUT2D eigenvalue weighted by molar-refractivity contribution is -0.0489. The van der Waals surface area contributed by atoms with Crippen molar-refractivity contribution in [2.75, 3.05) is 14.1 Å². The highest BCUT2D eigenvalue weighted by molar-refractivity contribution is 5.28. The van der Waals surface area contributed by atoms with Crippen LogP contribution in [0.4, 0.5) is 0 Å². The Balaban J connectivity index is 1.92. The van der Waals surface area contributed by atoms with E-state index < -0.39 is 0 Å². The Hall–Kier alpha value is -0.930. The van der Waals surface area contributed by atoms with Crippen LogP contribution in [0.2, 0.25) is 0 Å². The van der Waals surface area contributed by atoms with E-state index in [9.17, 15) is 5.11 Å². The van der Waals surface area contributed by atoms with Crippen LogP contribution in [0.25, 0.3) is 0 Å². The molecule has 1 heterocycles. The fourth-order valence-electron chi connectivity index (χ4n) is 4.50. The minimum absolute atomic E-state index is 0.0605. The van der Waals surface area contributed by atoms with Crippen LogP contribution in [-0.4, -0.2) is 40.7 Å². The normalized spacial score (nSPS) is 26.4. The summed E-state index contributed by atoms with van der Waals surface area (Å²) in [7, 11) is 4.27. The van der Waals surface area contributed by atoms with Gasteiger partial charge in [-0.2, -0.15) is 0 Å². The number of aryl methyl sites for hydroxylation is 1. The standard InChI is InChI=1S/C18H28N2O/c1-20(2)18(11-4-3-5-12-18)17(21)15-10-6-8-14-9-7-13-19-16(14)15/h7,9,13,15,17,21H,3-6,8,10-12H2,1-2H3. The van der Waals surface area contributed by atoms with Crippen molar-refractivity contribution in [3.63, 3.8) is 0 Å². The van der Waals surface area contributed by atoms with Crippen molar-refractivity contribution in [1.82, 2.24) is 9.88 Å². The second kappa shape index (κ2) is 6.05. The van der Waals surface area contributed by atoms with Gasteiger partial charge < -0.3 is 10.0 Å². The summed E-state index contributed by atoms with van der Waals surface area (Å²) in [6.07, 6.45) is 10.9. The summed E-state index contributed by atoms with van der Waals surface area (Å²) in [5.41, 5.74) is 2.44. The molecule has 0 bridgehead atoms. The maximum atomic E-state index is 11.3. The predicted octanol–water partition coefficient (Wildman–Crippen LogP) is 3.13. The molecule has 3 nitrogen and oxygen atoms in total. The van der Waals surface area contributed by atoms with E-state index in [1.165, 1.54) is 31.2 Å². The van der Waals surface area contributed by atoms with Crippen LogP contribution in [0.3, 0.4) is 0 Å². The Morgan fingerprint density at radius 2 is 2.00 bits per heavy atom. The summed E-state index contributed by atoms with van der Waals surface area (Å²) in [5.74, 6) is 0.204. The van der Waals surface area contributed by atoms with Crippen molar-refractivity contribution in [3.8, 4) is 0 Å². The summed E-state index contributed by atoms with van der Waals surface area (Å²) in [4.78, 5) is 6.91. The van der Waals surface area contributed by atoms with E-state index >= 15 is 0 Å². The van der Waals surface area contributed by atoms with Crippen LogP contribution in [0, 0.1) is 0 Å². The minimum Gasteiger partial charge on any atom is -0.390 e. The maximum absolute atomic E-state index is 11.3. The number of nitrogens with zero attached hydrogens (tertiary/aromatic N) is 2. The molecule has 0 aromatic carbocycles. The fourth-order valence-corrected chi connectivity index (χ4v) is 4.50. The van der Waals surface area contributed by atoms with E-state index in [0.29, 0.717) is 0 Å². The zero-order valence-corrected chi connectivity index (χ0v) is 13.4. The fraction of sp³-hybridized carbons (Fsp3) is 0.722. The molecule has 2 aliphatic rings. The molecule has 0 spiro atoms. The first-order valence-electron chi connectivity index (χ1n) is 8.44. The van der Waals surface area contributed by atoms with Crippen LogP contribution >= 0.6 is 0 Å². The van der Waals surface area contributed by atoms with E-state index in [0.717, 1.165) is 31.4 Å². The van der Waals surface area contributed by atoms with Gasteiger partial charge in [0.25, 0.3) is 0 Å². The predicted molar refractivity (Wildman–Crippen MR) is 85.4 cm³/mol. The number of hydrogen-bond acceptors (Lipinski definition) is 3. The molecule has 0 amide bonds. The van der Waals surface area contributed by atoms with Crippen LogP contribution in [0.15, 0.2) is 18.3 Å². The summed E-state index contributed by atoms with van der Waals surface area (Å²) < 4.78 is 0. The van der Waals surface area contributed by atoms with Crippen molar-refractivity contribution in [2.45, 2.75) is 68.9 Å². The Morgan fingerprint density at radius 3 is 2.71 bits per heavy atom. The summed E-state index contributed by atoms with van der Waals surface area (Å²) in [5, 5.41) is 11.3. The maximum Gasteiger partial charge on any atom is 0.0807 e. The lowest BCUT2D eigenvalue weighted by Crippen LogP contribution is -2.57. The van der Waals surface area contributed by atoms with Gasteiger partial charge in [-0.05, 0) is 57.8 Å². The Bertz CT molecular complexity index is 480. The lowest BCUT2D eigenvalue weighted by Gasteiger charge is -2.49. The third-order valence-corrected chi connectivity index (χ3v) is 5.78. The summed E-state index contributed by atoms with van der Waals surface area (Å²) >= 11 is 0. The van der Waals surface area contributed by atoms with Crippen molar-refractivity contribution in [1.29, 1.82) is 0 Å². The first kappa shape index (κ1) is 15.0. The Kier molecular flexibility index (Phi) is 4.32. The molecular formula is C18H28N2O. The van der Waals surface area contributed by atoms with Crippen molar-refractivity contribution >= 4 is 0 Å². The zero-order valence-electron chi connectivity index (χ0n) is 13.4. The molecule has 0 aliphatic heterocycles. The number of pyridine rings is 1. The molecule has 21 heavy (non-hydrogen) atoms. The van der Waals surface area contributed by atoms with Crippen LogP contribution in [0.5, 0.6) is 0 Å². The van der Waals surface area contributed by atoms with Crippen molar-refractivity contribution in [2.24, 2.45) is 0 Å². The third kappa shape index (κ3) is 2.62. The van der Waals surface area contributed by atoms with Crippen molar-refractivity contribution in [3.05, 3.63) is 29.6 Å². The van der Waals surface area contributed by atoms with Gasteiger partial charge in [0, 0.05) is 23.3 Å². The van der Waals surface area contributed by atoms with E-state index in [4.69, 9.17) is 0 Å². The number of hydrogen-bond donors (Lipinski definition) is 1. The SMILES string of the molecule is CN(C)C1(C(O)C2CCCc3cccnc32)CCCCC1. The molecule has 2 unspecified atom stereocenters. The van der Waals surface area contributed by atoms with Gasteiger partial charge in [-0.1, -0.05) is 25.3 Å². The summed E-state index contributed by atoms with van der Waals surface area (Å²) in [6.45, 7) is 0. The second-order valence-electron chi connectivity index (χ2n) is 7.05. The average molecular weight is 288 g/mol. The largest absolute Gasteiger partial charge is 0.390 e. The molecule has 1 saturated carbocycles. The third-order valence-electron chi connectivity index (χ3n) is 5.78. The van der Waals surface area contributed by atoms with Gasteiger partial charge in [0.15, 0.2) is 0 Å². The average Bonchev–Trinajstić information content (AvgIpc) is 2.54. The Labute approximate surface area is 128 Å². The van der Waals surface area contributed by atoms with Crippen LogP contribution < -0.4 is 0 Å². The minimum atomic E-state index is -0.304. The van der Waals surface area contributed by atoms with E-state index in [1.54, 1.807) is 0 Å². The van der Waals surface area contributed by atoms with Crippen LogP contribution in [0.1, 0.15) is 62.1 Å². The monoisotopic (exact) mass is 288 g/mol. The number of aliphatic hydroxyl groups is 1. The van der Waals surface area contributed by atoms with Gasteiger partial charge in [0.1, 0.15) is 0 Å².